The molecular weight excluding hydrogens is 288 g/mol. The fraction of sp³-hybridized carbons (Fsp3) is 0.368. The number of anilines is 1. The average molecular weight is 310 g/mol. The van der Waals surface area contributed by atoms with Crippen LogP contribution in [-0.2, 0) is 9.59 Å². The van der Waals surface area contributed by atoms with Crippen LogP contribution >= 0.6 is 0 Å². The SMILES string of the molecule is CN(C(=O)C(=O)Nc1cccc2ccccc12)C1CCCCC1. The summed E-state index contributed by atoms with van der Waals surface area (Å²) in [5, 5.41) is 4.76. The van der Waals surface area contributed by atoms with Crippen LogP contribution in [0.3, 0.4) is 0 Å². The maximum atomic E-state index is 12.4. The molecule has 0 atom stereocenters. The number of likely N-dealkylation sites (N-methyl/N-ethyl adjacent to an activating group) is 1. The summed E-state index contributed by atoms with van der Waals surface area (Å²) in [5.74, 6) is -1.01. The molecule has 0 radical (unpaired) electrons. The van der Waals surface area contributed by atoms with E-state index in [1.54, 1.807) is 11.9 Å². The molecule has 1 saturated carbocycles. The molecule has 1 aliphatic carbocycles. The minimum atomic E-state index is -0.561. The van der Waals surface area contributed by atoms with Gasteiger partial charge in [0.1, 0.15) is 0 Å². The van der Waals surface area contributed by atoms with E-state index in [4.69, 9.17) is 0 Å². The third kappa shape index (κ3) is 3.36. The number of benzene rings is 2. The second-order valence-corrected chi connectivity index (χ2v) is 6.19. The molecule has 2 aromatic carbocycles. The third-order valence-electron chi connectivity index (χ3n) is 4.67. The van der Waals surface area contributed by atoms with Gasteiger partial charge in [-0.15, -0.1) is 0 Å². The van der Waals surface area contributed by atoms with E-state index in [0.29, 0.717) is 5.69 Å². The van der Waals surface area contributed by atoms with Crippen LogP contribution in [0.4, 0.5) is 5.69 Å². The fourth-order valence-electron chi connectivity index (χ4n) is 3.30. The van der Waals surface area contributed by atoms with Crippen molar-refractivity contribution in [1.82, 2.24) is 4.90 Å². The van der Waals surface area contributed by atoms with Gasteiger partial charge in [-0.05, 0) is 24.3 Å². The van der Waals surface area contributed by atoms with Crippen LogP contribution in [0.2, 0.25) is 0 Å². The standard InChI is InChI=1S/C19H22N2O2/c1-21(15-10-3-2-4-11-15)19(23)18(22)20-17-13-7-9-14-8-5-6-12-16(14)17/h5-9,12-13,15H,2-4,10-11H2,1H3,(H,20,22). The second-order valence-electron chi connectivity index (χ2n) is 6.19. The highest BCUT2D eigenvalue weighted by Gasteiger charge is 2.26. The molecule has 0 aromatic heterocycles. The van der Waals surface area contributed by atoms with Gasteiger partial charge in [0.15, 0.2) is 0 Å². The van der Waals surface area contributed by atoms with Crippen molar-refractivity contribution in [2.75, 3.05) is 12.4 Å². The van der Waals surface area contributed by atoms with Crippen molar-refractivity contribution < 1.29 is 9.59 Å². The summed E-state index contributed by atoms with van der Waals surface area (Å²) in [7, 11) is 1.74. The number of nitrogens with zero attached hydrogens (tertiary/aromatic N) is 1. The van der Waals surface area contributed by atoms with Crippen LogP contribution in [0.15, 0.2) is 42.5 Å². The zero-order chi connectivity index (χ0) is 16.2. The van der Waals surface area contributed by atoms with Gasteiger partial charge in [0.25, 0.3) is 0 Å². The Kier molecular flexibility index (Phi) is 4.60. The second kappa shape index (κ2) is 6.82. The number of nitrogens with one attached hydrogen (secondary N) is 1. The molecule has 2 aromatic rings. The number of carbonyl (C=O) groups excluding carboxylic acids is 2. The highest BCUT2D eigenvalue weighted by atomic mass is 16.2. The number of hydrogen-bond donors (Lipinski definition) is 1. The van der Waals surface area contributed by atoms with E-state index in [1.165, 1.54) is 6.42 Å². The Hall–Kier alpha value is -2.36. The lowest BCUT2D eigenvalue weighted by Crippen LogP contribution is -2.44. The van der Waals surface area contributed by atoms with Crippen molar-refractivity contribution in [1.29, 1.82) is 0 Å². The summed E-state index contributed by atoms with van der Waals surface area (Å²) >= 11 is 0. The number of hydrogen-bond acceptors (Lipinski definition) is 2. The first-order valence-electron chi connectivity index (χ1n) is 8.23. The van der Waals surface area contributed by atoms with Gasteiger partial charge in [0.05, 0.1) is 0 Å². The zero-order valence-corrected chi connectivity index (χ0v) is 13.4. The molecule has 0 aliphatic heterocycles. The topological polar surface area (TPSA) is 49.4 Å². The molecule has 4 nitrogen and oxygen atoms in total. The van der Waals surface area contributed by atoms with Crippen LogP contribution < -0.4 is 5.32 Å². The average Bonchev–Trinajstić information content (AvgIpc) is 2.61. The molecular formula is C19H22N2O2. The van der Waals surface area contributed by atoms with Gasteiger partial charge in [-0.3, -0.25) is 9.59 Å². The molecule has 0 bridgehead atoms. The molecule has 0 spiro atoms. The third-order valence-corrected chi connectivity index (χ3v) is 4.67. The number of rotatable bonds is 2. The molecule has 120 valence electrons. The Balaban J connectivity index is 1.73. The summed E-state index contributed by atoms with van der Waals surface area (Å²) < 4.78 is 0. The lowest BCUT2D eigenvalue weighted by atomic mass is 9.94. The molecule has 0 saturated heterocycles. The lowest BCUT2D eigenvalue weighted by molar-refractivity contribution is -0.144. The summed E-state index contributed by atoms with van der Waals surface area (Å²) in [6, 6.07) is 13.7. The largest absolute Gasteiger partial charge is 0.335 e. The summed E-state index contributed by atoms with van der Waals surface area (Å²) in [4.78, 5) is 26.3. The molecule has 1 aliphatic rings. The predicted octanol–water partition coefficient (Wildman–Crippen LogP) is 3.57. The maximum Gasteiger partial charge on any atom is 0.313 e. The van der Waals surface area contributed by atoms with Gasteiger partial charge in [0, 0.05) is 24.2 Å². The Labute approximate surface area is 136 Å². The van der Waals surface area contributed by atoms with E-state index in [0.717, 1.165) is 36.5 Å². The number of fused-ring (bicyclic) bond motifs is 1. The molecule has 3 rings (SSSR count). The van der Waals surface area contributed by atoms with Crippen molar-refractivity contribution in [2.24, 2.45) is 0 Å². The van der Waals surface area contributed by atoms with Crippen LogP contribution in [0.25, 0.3) is 10.8 Å². The van der Waals surface area contributed by atoms with Crippen LogP contribution in [0.1, 0.15) is 32.1 Å². The normalized spacial score (nSPS) is 15.3. The van der Waals surface area contributed by atoms with Crippen molar-refractivity contribution in [2.45, 2.75) is 38.1 Å². The van der Waals surface area contributed by atoms with Crippen molar-refractivity contribution >= 4 is 28.3 Å². The van der Waals surface area contributed by atoms with Gasteiger partial charge in [-0.1, -0.05) is 55.7 Å². The fourth-order valence-corrected chi connectivity index (χ4v) is 3.30. The number of amides is 2. The summed E-state index contributed by atoms with van der Waals surface area (Å²) in [6.45, 7) is 0. The minimum absolute atomic E-state index is 0.189. The number of carbonyl (C=O) groups is 2. The van der Waals surface area contributed by atoms with Crippen molar-refractivity contribution in [3.8, 4) is 0 Å². The first-order valence-corrected chi connectivity index (χ1v) is 8.23. The molecule has 0 heterocycles. The highest BCUT2D eigenvalue weighted by molar-refractivity contribution is 6.40. The molecule has 1 N–H and O–H groups in total. The molecule has 23 heavy (non-hydrogen) atoms. The molecule has 0 unspecified atom stereocenters. The predicted molar refractivity (Wildman–Crippen MR) is 92.2 cm³/mol. The Morgan fingerprint density at radius 2 is 1.70 bits per heavy atom. The zero-order valence-electron chi connectivity index (χ0n) is 13.4. The highest BCUT2D eigenvalue weighted by Crippen LogP contribution is 2.24. The summed E-state index contributed by atoms with van der Waals surface area (Å²) in [5.41, 5.74) is 0.679. The van der Waals surface area contributed by atoms with Crippen LogP contribution in [0.5, 0.6) is 0 Å². The van der Waals surface area contributed by atoms with Gasteiger partial charge in [-0.2, -0.15) is 0 Å². The van der Waals surface area contributed by atoms with Gasteiger partial charge >= 0.3 is 11.8 Å². The smallest absolute Gasteiger partial charge is 0.313 e. The lowest BCUT2D eigenvalue weighted by Gasteiger charge is -2.30. The van der Waals surface area contributed by atoms with E-state index in [1.807, 2.05) is 42.5 Å². The quantitative estimate of drug-likeness (QED) is 0.862. The van der Waals surface area contributed by atoms with E-state index >= 15 is 0 Å². The van der Waals surface area contributed by atoms with E-state index in [9.17, 15) is 9.59 Å². The molecule has 4 heteroatoms. The maximum absolute atomic E-state index is 12.4. The molecule has 1 fully saturated rings. The van der Waals surface area contributed by atoms with Gasteiger partial charge < -0.3 is 10.2 Å². The van der Waals surface area contributed by atoms with Crippen LogP contribution in [0, 0.1) is 0 Å². The Bertz CT molecular complexity index is 715. The summed E-state index contributed by atoms with van der Waals surface area (Å²) in [6.07, 6.45) is 5.47. The van der Waals surface area contributed by atoms with E-state index in [2.05, 4.69) is 5.32 Å². The van der Waals surface area contributed by atoms with E-state index < -0.39 is 11.8 Å². The van der Waals surface area contributed by atoms with Gasteiger partial charge in [0.2, 0.25) is 0 Å². The molecule has 2 amide bonds. The minimum Gasteiger partial charge on any atom is -0.335 e. The van der Waals surface area contributed by atoms with Crippen molar-refractivity contribution in [3.63, 3.8) is 0 Å². The monoisotopic (exact) mass is 310 g/mol. The van der Waals surface area contributed by atoms with Crippen molar-refractivity contribution in [3.05, 3.63) is 42.5 Å². The first kappa shape index (κ1) is 15.5. The van der Waals surface area contributed by atoms with E-state index in [-0.39, 0.29) is 6.04 Å². The first-order chi connectivity index (χ1) is 11.2. The van der Waals surface area contributed by atoms with Crippen LogP contribution in [-0.4, -0.2) is 29.8 Å². The Morgan fingerprint density at radius 3 is 2.48 bits per heavy atom. The Morgan fingerprint density at radius 1 is 1.00 bits per heavy atom. The van der Waals surface area contributed by atoms with Gasteiger partial charge in [-0.25, -0.2) is 0 Å².